The minimum Gasteiger partial charge on any atom is -0.385 e. The van der Waals surface area contributed by atoms with Gasteiger partial charge in [-0.3, -0.25) is 0 Å². The van der Waals surface area contributed by atoms with E-state index in [1.807, 2.05) is 0 Å². The molecule has 1 atom stereocenters. The molecule has 0 aliphatic carbocycles. The molecule has 0 rings (SSSR count). The molecule has 0 saturated heterocycles. The summed E-state index contributed by atoms with van der Waals surface area (Å²) in [4.78, 5) is 0. The maximum atomic E-state index is 9.66. The van der Waals surface area contributed by atoms with Crippen LogP contribution in [0.5, 0.6) is 0 Å². The Morgan fingerprint density at radius 3 is 1.50 bits per heavy atom. The van der Waals surface area contributed by atoms with E-state index in [4.69, 9.17) is 14.2 Å². The maximum absolute atomic E-state index is 9.66. The zero-order valence-electron chi connectivity index (χ0n) is 9.72. The largest absolute Gasteiger partial charge is 0.385 e. The van der Waals surface area contributed by atoms with Crippen molar-refractivity contribution in [2.75, 3.05) is 19.8 Å². The molecule has 1 N–H and O–H groups in total. The van der Waals surface area contributed by atoms with Gasteiger partial charge in [-0.05, 0) is 6.92 Å². The minimum atomic E-state index is -1.50. The Morgan fingerprint density at radius 1 is 1.00 bits per heavy atom. The molecule has 1 unspecified atom stereocenters. The van der Waals surface area contributed by atoms with Gasteiger partial charge in [0.05, 0.1) is 19.8 Å². The lowest BCUT2D eigenvalue weighted by atomic mass is 10.3. The quantitative estimate of drug-likeness (QED) is 0.456. The van der Waals surface area contributed by atoms with Crippen LogP contribution >= 0.6 is 0 Å². The third-order valence-electron chi connectivity index (χ3n) is 1.72. The highest BCUT2D eigenvalue weighted by Gasteiger charge is 2.38. The lowest BCUT2D eigenvalue weighted by Crippen LogP contribution is -2.49. The van der Waals surface area contributed by atoms with Crippen molar-refractivity contribution in [1.82, 2.24) is 0 Å². The molecule has 0 fully saturated rings. The number of aliphatic hydroxyl groups is 1. The zero-order chi connectivity index (χ0) is 12.4. The first kappa shape index (κ1) is 15.1. The summed E-state index contributed by atoms with van der Waals surface area (Å²) in [5, 5.41) is 9.66. The Morgan fingerprint density at radius 2 is 1.31 bits per heavy atom. The zero-order valence-corrected chi connectivity index (χ0v) is 9.72. The highest BCUT2D eigenvalue weighted by Crippen LogP contribution is 2.20. The van der Waals surface area contributed by atoms with Crippen molar-refractivity contribution in [3.63, 3.8) is 0 Å². The van der Waals surface area contributed by atoms with Crippen LogP contribution in [-0.4, -0.2) is 37.0 Å². The van der Waals surface area contributed by atoms with Gasteiger partial charge in [0.1, 0.15) is 6.10 Å². The third kappa shape index (κ3) is 4.72. The van der Waals surface area contributed by atoms with Crippen LogP contribution in [0.2, 0.25) is 0 Å². The Bertz CT molecular complexity index is 192. The molecule has 0 aliphatic heterocycles. The van der Waals surface area contributed by atoms with Crippen LogP contribution in [0.4, 0.5) is 0 Å². The van der Waals surface area contributed by atoms with E-state index >= 15 is 0 Å². The maximum Gasteiger partial charge on any atom is 0.311 e. The van der Waals surface area contributed by atoms with Crippen molar-refractivity contribution in [1.29, 1.82) is 0 Å². The second kappa shape index (κ2) is 8.24. The van der Waals surface area contributed by atoms with E-state index in [-0.39, 0.29) is 19.8 Å². The molecule has 0 bridgehead atoms. The third-order valence-corrected chi connectivity index (χ3v) is 1.72. The van der Waals surface area contributed by atoms with Crippen LogP contribution in [0.1, 0.15) is 6.92 Å². The van der Waals surface area contributed by atoms with Crippen LogP contribution in [-0.2, 0) is 14.2 Å². The SMILES string of the molecule is C=CCOC(OCC=C)(OCC=C)C(C)O. The Kier molecular flexibility index (Phi) is 7.76. The van der Waals surface area contributed by atoms with E-state index in [0.29, 0.717) is 0 Å². The molecular weight excluding hydrogens is 208 g/mol. The van der Waals surface area contributed by atoms with Crippen LogP contribution < -0.4 is 0 Å². The first-order chi connectivity index (χ1) is 7.63. The van der Waals surface area contributed by atoms with Crippen LogP contribution in [0, 0.1) is 0 Å². The normalized spacial score (nSPS) is 13.1. The fraction of sp³-hybridized carbons (Fsp3) is 0.500. The first-order valence-corrected chi connectivity index (χ1v) is 5.05. The molecule has 0 heterocycles. The number of ether oxygens (including phenoxy) is 3. The van der Waals surface area contributed by atoms with Gasteiger partial charge in [0.25, 0.3) is 0 Å². The van der Waals surface area contributed by atoms with Crippen molar-refractivity contribution < 1.29 is 19.3 Å². The Balaban J connectivity index is 4.63. The van der Waals surface area contributed by atoms with E-state index in [1.165, 1.54) is 6.92 Å². The van der Waals surface area contributed by atoms with Gasteiger partial charge >= 0.3 is 5.97 Å². The summed E-state index contributed by atoms with van der Waals surface area (Å²) in [6.07, 6.45) is 3.69. The fourth-order valence-corrected chi connectivity index (χ4v) is 1.01. The summed E-state index contributed by atoms with van der Waals surface area (Å²) in [5.41, 5.74) is 0. The summed E-state index contributed by atoms with van der Waals surface area (Å²) in [6, 6.07) is 0. The Labute approximate surface area is 96.8 Å². The van der Waals surface area contributed by atoms with Crippen molar-refractivity contribution in [2.45, 2.75) is 19.0 Å². The van der Waals surface area contributed by atoms with Gasteiger partial charge in [0.15, 0.2) is 0 Å². The molecule has 0 spiro atoms. The summed E-state index contributed by atoms with van der Waals surface area (Å²) in [7, 11) is 0. The molecule has 0 aromatic heterocycles. The number of hydrogen-bond acceptors (Lipinski definition) is 4. The van der Waals surface area contributed by atoms with Gasteiger partial charge in [-0.25, -0.2) is 0 Å². The van der Waals surface area contributed by atoms with Crippen LogP contribution in [0.3, 0.4) is 0 Å². The van der Waals surface area contributed by atoms with Gasteiger partial charge in [0.2, 0.25) is 0 Å². The smallest absolute Gasteiger partial charge is 0.311 e. The van der Waals surface area contributed by atoms with E-state index in [2.05, 4.69) is 19.7 Å². The van der Waals surface area contributed by atoms with Gasteiger partial charge < -0.3 is 19.3 Å². The van der Waals surface area contributed by atoms with Gasteiger partial charge in [-0.2, -0.15) is 0 Å². The fourth-order valence-electron chi connectivity index (χ4n) is 1.01. The molecule has 0 aromatic rings. The molecule has 0 aliphatic rings. The van der Waals surface area contributed by atoms with Crippen LogP contribution in [0.15, 0.2) is 38.0 Å². The molecule has 4 heteroatoms. The van der Waals surface area contributed by atoms with E-state index in [9.17, 15) is 5.11 Å². The molecule has 4 nitrogen and oxygen atoms in total. The van der Waals surface area contributed by atoms with Gasteiger partial charge in [0, 0.05) is 0 Å². The lowest BCUT2D eigenvalue weighted by Gasteiger charge is -2.34. The molecule has 0 radical (unpaired) electrons. The Hall–Kier alpha value is -0.940. The van der Waals surface area contributed by atoms with E-state index in [0.717, 1.165) is 0 Å². The molecule has 0 amide bonds. The molecular formula is C12H20O4. The molecule has 92 valence electrons. The van der Waals surface area contributed by atoms with E-state index < -0.39 is 12.1 Å². The summed E-state index contributed by atoms with van der Waals surface area (Å²) < 4.78 is 16.0. The van der Waals surface area contributed by atoms with Crippen molar-refractivity contribution >= 4 is 0 Å². The standard InChI is InChI=1S/C12H20O4/c1-5-8-14-12(11(4)13,15-9-6-2)16-10-7-3/h5-7,11,13H,1-3,8-10H2,4H3. The summed E-state index contributed by atoms with van der Waals surface area (Å²) >= 11 is 0. The predicted molar refractivity (Wildman–Crippen MR) is 62.9 cm³/mol. The molecule has 0 saturated carbocycles. The van der Waals surface area contributed by atoms with Gasteiger partial charge in [-0.1, -0.05) is 18.2 Å². The van der Waals surface area contributed by atoms with Crippen molar-refractivity contribution in [2.24, 2.45) is 0 Å². The average molecular weight is 228 g/mol. The molecule has 0 aromatic carbocycles. The van der Waals surface area contributed by atoms with E-state index in [1.54, 1.807) is 18.2 Å². The second-order valence-electron chi connectivity index (χ2n) is 3.08. The number of aliphatic hydroxyl groups excluding tert-OH is 1. The minimum absolute atomic E-state index is 0.208. The van der Waals surface area contributed by atoms with Crippen molar-refractivity contribution in [3.8, 4) is 0 Å². The summed E-state index contributed by atoms with van der Waals surface area (Å²) in [6.45, 7) is 12.7. The van der Waals surface area contributed by atoms with Crippen LogP contribution in [0.25, 0.3) is 0 Å². The highest BCUT2D eigenvalue weighted by atomic mass is 16.9. The number of rotatable bonds is 10. The first-order valence-electron chi connectivity index (χ1n) is 5.05. The summed E-state index contributed by atoms with van der Waals surface area (Å²) in [5.74, 6) is -1.50. The predicted octanol–water partition coefficient (Wildman–Crippen LogP) is 1.63. The monoisotopic (exact) mass is 228 g/mol. The lowest BCUT2D eigenvalue weighted by molar-refractivity contribution is -0.401. The number of hydrogen-bond donors (Lipinski definition) is 1. The average Bonchev–Trinajstić information content (AvgIpc) is 2.28. The highest BCUT2D eigenvalue weighted by molar-refractivity contribution is 4.76. The van der Waals surface area contributed by atoms with Gasteiger partial charge in [-0.15, -0.1) is 19.7 Å². The van der Waals surface area contributed by atoms with Crippen molar-refractivity contribution in [3.05, 3.63) is 38.0 Å². The topological polar surface area (TPSA) is 47.9 Å². The second-order valence-corrected chi connectivity index (χ2v) is 3.08. The molecule has 16 heavy (non-hydrogen) atoms.